The highest BCUT2D eigenvalue weighted by molar-refractivity contribution is 5.94. The van der Waals surface area contributed by atoms with Gasteiger partial charge in [-0.1, -0.05) is 6.07 Å². The second-order valence-corrected chi connectivity index (χ2v) is 5.52. The largest absolute Gasteiger partial charge is 0.497 e. The summed E-state index contributed by atoms with van der Waals surface area (Å²) in [5.41, 5.74) is 9.55. The van der Waals surface area contributed by atoms with Crippen molar-refractivity contribution < 1.29 is 9.47 Å². The molecule has 2 heterocycles. The van der Waals surface area contributed by atoms with Crippen LogP contribution in [0.15, 0.2) is 47.6 Å². The maximum absolute atomic E-state index is 6.00. The van der Waals surface area contributed by atoms with Gasteiger partial charge in [-0.3, -0.25) is 0 Å². The summed E-state index contributed by atoms with van der Waals surface area (Å²) in [6.45, 7) is 2.42. The van der Waals surface area contributed by atoms with Gasteiger partial charge >= 0.3 is 0 Å². The zero-order valence-corrected chi connectivity index (χ0v) is 14.5. The predicted molar refractivity (Wildman–Crippen MR) is 98.4 cm³/mol. The molecule has 7 nitrogen and oxygen atoms in total. The number of pyridine rings is 1. The number of aryl methyl sites for hydroxylation is 1. The van der Waals surface area contributed by atoms with Gasteiger partial charge in [0.1, 0.15) is 17.1 Å². The Balaban J connectivity index is 1.76. The minimum Gasteiger partial charge on any atom is -0.497 e. The second-order valence-electron chi connectivity index (χ2n) is 5.52. The quantitative estimate of drug-likeness (QED) is 0.551. The molecule has 3 rings (SSSR count). The number of anilines is 1. The van der Waals surface area contributed by atoms with Gasteiger partial charge in [0.05, 0.1) is 32.1 Å². The number of methoxy groups -OCH3 is 2. The van der Waals surface area contributed by atoms with Crippen molar-refractivity contribution in [1.82, 2.24) is 9.38 Å². The number of rotatable bonds is 5. The van der Waals surface area contributed by atoms with Gasteiger partial charge in [-0.05, 0) is 31.2 Å². The molecule has 1 aromatic carbocycles. The molecule has 3 aromatic rings. The molecular weight excluding hydrogens is 318 g/mol. The van der Waals surface area contributed by atoms with Gasteiger partial charge in [0.15, 0.2) is 5.96 Å². The van der Waals surface area contributed by atoms with Gasteiger partial charge in [-0.15, -0.1) is 0 Å². The van der Waals surface area contributed by atoms with E-state index >= 15 is 0 Å². The number of nitrogens with zero attached hydrogens (tertiary/aromatic N) is 3. The third kappa shape index (κ3) is 3.65. The van der Waals surface area contributed by atoms with Crippen LogP contribution in [-0.2, 0) is 6.54 Å². The van der Waals surface area contributed by atoms with Gasteiger partial charge < -0.3 is 24.9 Å². The van der Waals surface area contributed by atoms with Crippen LogP contribution in [-0.4, -0.2) is 29.6 Å². The summed E-state index contributed by atoms with van der Waals surface area (Å²) in [5, 5.41) is 3.04. The van der Waals surface area contributed by atoms with Crippen LogP contribution in [0.5, 0.6) is 11.5 Å². The molecule has 0 amide bonds. The maximum atomic E-state index is 6.00. The predicted octanol–water partition coefficient (Wildman–Crippen LogP) is 2.59. The topological polar surface area (TPSA) is 86.2 Å². The van der Waals surface area contributed by atoms with Crippen LogP contribution in [0.2, 0.25) is 0 Å². The summed E-state index contributed by atoms with van der Waals surface area (Å²) >= 11 is 0. The first kappa shape index (κ1) is 16.6. The Bertz CT molecular complexity index is 917. The number of hydrogen-bond acceptors (Lipinski definition) is 4. The summed E-state index contributed by atoms with van der Waals surface area (Å²) in [6, 6.07) is 11.4. The van der Waals surface area contributed by atoms with Crippen molar-refractivity contribution >= 4 is 17.3 Å². The molecule has 0 bridgehead atoms. The first-order valence-corrected chi connectivity index (χ1v) is 7.83. The van der Waals surface area contributed by atoms with E-state index in [1.165, 1.54) is 0 Å². The Morgan fingerprint density at radius 2 is 2.08 bits per heavy atom. The van der Waals surface area contributed by atoms with Crippen LogP contribution in [0, 0.1) is 6.92 Å². The summed E-state index contributed by atoms with van der Waals surface area (Å²) in [7, 11) is 3.20. The van der Waals surface area contributed by atoms with Gasteiger partial charge in [0, 0.05) is 18.0 Å². The fourth-order valence-corrected chi connectivity index (χ4v) is 2.53. The van der Waals surface area contributed by atoms with E-state index in [-0.39, 0.29) is 5.96 Å². The molecule has 0 saturated carbocycles. The highest BCUT2D eigenvalue weighted by Crippen LogP contribution is 2.28. The van der Waals surface area contributed by atoms with E-state index in [1.54, 1.807) is 26.4 Å². The molecule has 0 fully saturated rings. The number of benzene rings is 1. The average molecular weight is 339 g/mol. The van der Waals surface area contributed by atoms with Crippen LogP contribution >= 0.6 is 0 Å². The minimum absolute atomic E-state index is 0.278. The fraction of sp³-hybridized carbons (Fsp3) is 0.222. The Hall–Kier alpha value is -3.22. The molecule has 0 unspecified atom stereocenters. The van der Waals surface area contributed by atoms with Crippen LogP contribution in [0.1, 0.15) is 11.4 Å². The molecule has 0 aliphatic heterocycles. The lowest BCUT2D eigenvalue weighted by atomic mass is 10.2. The Kier molecular flexibility index (Phi) is 4.74. The highest BCUT2D eigenvalue weighted by atomic mass is 16.5. The number of fused-ring (bicyclic) bond motifs is 1. The number of nitrogens with two attached hydrogens (primary N) is 1. The van der Waals surface area contributed by atoms with E-state index in [2.05, 4.69) is 15.3 Å². The summed E-state index contributed by atoms with van der Waals surface area (Å²) < 4.78 is 12.6. The van der Waals surface area contributed by atoms with Crippen molar-refractivity contribution in [3.05, 3.63) is 54.0 Å². The Morgan fingerprint density at radius 3 is 2.80 bits per heavy atom. The molecule has 2 aromatic heterocycles. The monoisotopic (exact) mass is 339 g/mol. The number of guanidine groups is 1. The zero-order chi connectivity index (χ0) is 17.8. The molecule has 0 spiro atoms. The third-order valence-electron chi connectivity index (χ3n) is 3.83. The number of ether oxygens (including phenoxy) is 2. The van der Waals surface area contributed by atoms with Crippen molar-refractivity contribution in [3.63, 3.8) is 0 Å². The molecule has 0 radical (unpaired) electrons. The second kappa shape index (κ2) is 7.12. The SMILES string of the molecule is COc1ccc(OC)c(NC(N)=NCc2cn3c(C)cccc3n2)c1. The van der Waals surface area contributed by atoms with E-state index in [9.17, 15) is 0 Å². The molecule has 0 saturated heterocycles. The van der Waals surface area contributed by atoms with Crippen molar-refractivity contribution in [2.75, 3.05) is 19.5 Å². The Labute approximate surface area is 146 Å². The molecule has 0 aliphatic carbocycles. The molecule has 25 heavy (non-hydrogen) atoms. The molecular formula is C18H21N5O2. The molecule has 7 heteroatoms. The van der Waals surface area contributed by atoms with Crippen molar-refractivity contribution in [3.8, 4) is 11.5 Å². The van der Waals surface area contributed by atoms with Crippen LogP contribution < -0.4 is 20.5 Å². The normalized spacial score (nSPS) is 11.6. The highest BCUT2D eigenvalue weighted by Gasteiger charge is 2.07. The smallest absolute Gasteiger partial charge is 0.193 e. The van der Waals surface area contributed by atoms with Crippen LogP contribution in [0.3, 0.4) is 0 Å². The van der Waals surface area contributed by atoms with Crippen molar-refractivity contribution in [2.24, 2.45) is 10.7 Å². The molecule has 0 aliphatic rings. The van der Waals surface area contributed by atoms with Crippen molar-refractivity contribution in [1.29, 1.82) is 0 Å². The summed E-state index contributed by atoms with van der Waals surface area (Å²) in [4.78, 5) is 8.90. The van der Waals surface area contributed by atoms with Crippen LogP contribution in [0.25, 0.3) is 5.65 Å². The molecule has 130 valence electrons. The summed E-state index contributed by atoms with van der Waals surface area (Å²) in [5.74, 6) is 1.63. The third-order valence-corrected chi connectivity index (χ3v) is 3.83. The maximum Gasteiger partial charge on any atom is 0.193 e. The minimum atomic E-state index is 0.278. The number of aromatic nitrogens is 2. The van der Waals surface area contributed by atoms with Crippen LogP contribution in [0.4, 0.5) is 5.69 Å². The number of nitrogens with one attached hydrogen (secondary N) is 1. The number of aliphatic imine (C=N–C) groups is 1. The van der Waals surface area contributed by atoms with E-state index in [4.69, 9.17) is 15.2 Å². The number of imidazole rings is 1. The number of hydrogen-bond donors (Lipinski definition) is 2. The Morgan fingerprint density at radius 1 is 1.24 bits per heavy atom. The van der Waals surface area contributed by atoms with E-state index in [0.29, 0.717) is 23.7 Å². The first-order chi connectivity index (χ1) is 12.1. The molecule has 0 atom stereocenters. The van der Waals surface area contributed by atoms with Gasteiger partial charge in [0.2, 0.25) is 0 Å². The van der Waals surface area contributed by atoms with E-state index in [0.717, 1.165) is 17.0 Å². The molecule has 3 N–H and O–H groups in total. The summed E-state index contributed by atoms with van der Waals surface area (Å²) in [6.07, 6.45) is 1.97. The van der Waals surface area contributed by atoms with Gasteiger partial charge in [0.25, 0.3) is 0 Å². The lowest BCUT2D eigenvalue weighted by molar-refractivity contribution is 0.405. The first-order valence-electron chi connectivity index (χ1n) is 7.83. The fourth-order valence-electron chi connectivity index (χ4n) is 2.53. The lowest BCUT2D eigenvalue weighted by Crippen LogP contribution is -2.23. The van der Waals surface area contributed by atoms with E-state index in [1.807, 2.05) is 41.8 Å². The van der Waals surface area contributed by atoms with Gasteiger partial charge in [-0.2, -0.15) is 0 Å². The van der Waals surface area contributed by atoms with Gasteiger partial charge in [-0.25, -0.2) is 9.98 Å². The standard InChI is InChI=1S/C18H21N5O2/c1-12-5-4-6-17-21-13(11-23(12)17)10-20-18(19)22-15-9-14(24-2)7-8-16(15)25-3/h4-9,11H,10H2,1-3H3,(H3,19,20,22). The van der Waals surface area contributed by atoms with Crippen molar-refractivity contribution in [2.45, 2.75) is 13.5 Å². The lowest BCUT2D eigenvalue weighted by Gasteiger charge is -2.11. The zero-order valence-electron chi connectivity index (χ0n) is 14.5. The van der Waals surface area contributed by atoms with E-state index < -0.39 is 0 Å². The average Bonchev–Trinajstić information content (AvgIpc) is 3.04.